The van der Waals surface area contributed by atoms with Gasteiger partial charge in [-0.3, -0.25) is 0 Å². The van der Waals surface area contributed by atoms with Gasteiger partial charge in [-0.1, -0.05) is 114 Å². The number of ether oxygens (including phenoxy) is 1. The van der Waals surface area contributed by atoms with Gasteiger partial charge in [0.1, 0.15) is 0 Å². The second-order valence-corrected chi connectivity index (χ2v) is 5.23. The Bertz CT molecular complexity index is 454. The molecule has 0 aliphatic heterocycles. The van der Waals surface area contributed by atoms with Gasteiger partial charge in [0.05, 0.1) is 6.61 Å². The molecular formula is C23H34O2. The van der Waals surface area contributed by atoms with Crippen molar-refractivity contribution >= 4 is 12.0 Å². The second kappa shape index (κ2) is 21.7. The highest BCUT2D eigenvalue weighted by molar-refractivity contribution is 5.81. The molecule has 0 atom stereocenters. The molecule has 0 radical (unpaired) electrons. The summed E-state index contributed by atoms with van der Waals surface area (Å²) in [7, 11) is 0. The third kappa shape index (κ3) is 21.7. The summed E-state index contributed by atoms with van der Waals surface area (Å²) in [5.41, 5.74) is 1.17. The molecule has 0 fully saturated rings. The minimum Gasteiger partial charge on any atom is -0.463 e. The predicted octanol–water partition coefficient (Wildman–Crippen LogP) is 6.76. The lowest BCUT2D eigenvalue weighted by atomic mass is 10.1. The Kier molecular flexibility index (Phi) is 21.6. The molecule has 2 heteroatoms. The minimum atomic E-state index is -0.312. The molecule has 0 aromatic heterocycles. The molecule has 0 aliphatic rings. The van der Waals surface area contributed by atoms with E-state index in [1.54, 1.807) is 12.2 Å². The molecule has 25 heavy (non-hydrogen) atoms. The average molecular weight is 343 g/mol. The van der Waals surface area contributed by atoms with Crippen LogP contribution in [0.5, 0.6) is 0 Å². The highest BCUT2D eigenvalue weighted by atomic mass is 16.5. The molecule has 0 saturated heterocycles. The van der Waals surface area contributed by atoms with Crippen molar-refractivity contribution in [2.75, 3.05) is 6.61 Å². The quantitative estimate of drug-likeness (QED) is 0.203. The normalized spacial score (nSPS) is 8.52. The number of hydrogen-bond donors (Lipinski definition) is 0. The standard InChI is InChI=1S/C11H20O2.C8H8.C4H6/c1-3-5-6-7-8-9-10-13-11(12)4-2;1-2-8-6-4-3-5-7-8;1-3-4-2/h4H,2-3,5-10H2,1H3;2-7H,1H2;3-4H,1-2H2. The first-order valence-electron chi connectivity index (χ1n) is 8.86. The van der Waals surface area contributed by atoms with Gasteiger partial charge in [0, 0.05) is 6.08 Å². The van der Waals surface area contributed by atoms with Crippen LogP contribution in [-0.4, -0.2) is 12.6 Å². The summed E-state index contributed by atoms with van der Waals surface area (Å²) >= 11 is 0. The van der Waals surface area contributed by atoms with Gasteiger partial charge in [0.15, 0.2) is 0 Å². The molecular weight excluding hydrogens is 308 g/mol. The lowest BCUT2D eigenvalue weighted by Gasteiger charge is -2.01. The van der Waals surface area contributed by atoms with Gasteiger partial charge in [0.2, 0.25) is 0 Å². The van der Waals surface area contributed by atoms with Crippen LogP contribution in [0.25, 0.3) is 6.08 Å². The van der Waals surface area contributed by atoms with E-state index in [4.69, 9.17) is 4.74 Å². The van der Waals surface area contributed by atoms with E-state index in [1.165, 1.54) is 37.3 Å². The first-order valence-corrected chi connectivity index (χ1v) is 8.86. The molecule has 0 spiro atoms. The van der Waals surface area contributed by atoms with Crippen molar-refractivity contribution in [1.29, 1.82) is 0 Å². The maximum atomic E-state index is 10.6. The Morgan fingerprint density at radius 2 is 1.48 bits per heavy atom. The van der Waals surface area contributed by atoms with Gasteiger partial charge >= 0.3 is 5.97 Å². The molecule has 0 amide bonds. The number of benzene rings is 1. The molecule has 0 saturated carbocycles. The zero-order chi connectivity index (χ0) is 19.2. The van der Waals surface area contributed by atoms with E-state index in [2.05, 4.69) is 33.2 Å². The molecule has 1 aromatic carbocycles. The Hall–Kier alpha value is -2.35. The number of allylic oxidation sites excluding steroid dienone is 2. The van der Waals surface area contributed by atoms with E-state index in [0.717, 1.165) is 12.8 Å². The Balaban J connectivity index is 0. The maximum absolute atomic E-state index is 10.6. The minimum absolute atomic E-state index is 0.312. The van der Waals surface area contributed by atoms with Crippen LogP contribution in [-0.2, 0) is 9.53 Å². The summed E-state index contributed by atoms with van der Waals surface area (Å²) in [5.74, 6) is -0.312. The zero-order valence-electron chi connectivity index (χ0n) is 15.8. The Morgan fingerprint density at radius 1 is 0.920 bits per heavy atom. The predicted molar refractivity (Wildman–Crippen MR) is 111 cm³/mol. The maximum Gasteiger partial charge on any atom is 0.330 e. The summed E-state index contributed by atoms with van der Waals surface area (Å²) in [5, 5.41) is 0. The largest absolute Gasteiger partial charge is 0.463 e. The summed E-state index contributed by atoms with van der Waals surface area (Å²) in [4.78, 5) is 10.6. The number of unbranched alkanes of at least 4 members (excludes halogenated alkanes) is 5. The van der Waals surface area contributed by atoms with Crippen molar-refractivity contribution in [3.05, 3.63) is 80.4 Å². The summed E-state index contributed by atoms with van der Waals surface area (Å²) < 4.78 is 4.84. The Labute approximate surface area is 154 Å². The number of esters is 1. The molecule has 2 nitrogen and oxygen atoms in total. The van der Waals surface area contributed by atoms with Crippen molar-refractivity contribution in [2.24, 2.45) is 0 Å². The monoisotopic (exact) mass is 342 g/mol. The Morgan fingerprint density at radius 3 is 1.92 bits per heavy atom. The third-order valence-electron chi connectivity index (χ3n) is 3.11. The first kappa shape index (κ1) is 24.9. The van der Waals surface area contributed by atoms with Gasteiger partial charge in [-0.15, -0.1) is 0 Å². The smallest absolute Gasteiger partial charge is 0.330 e. The third-order valence-corrected chi connectivity index (χ3v) is 3.11. The van der Waals surface area contributed by atoms with Crippen LogP contribution in [0.2, 0.25) is 0 Å². The van der Waals surface area contributed by atoms with Gasteiger partial charge in [-0.25, -0.2) is 4.79 Å². The molecule has 0 aliphatic carbocycles. The van der Waals surface area contributed by atoms with E-state index in [0.29, 0.717) is 6.61 Å². The van der Waals surface area contributed by atoms with E-state index in [-0.39, 0.29) is 5.97 Å². The van der Waals surface area contributed by atoms with Gasteiger partial charge in [-0.2, -0.15) is 0 Å². The molecule has 0 bridgehead atoms. The van der Waals surface area contributed by atoms with Gasteiger partial charge in [0.25, 0.3) is 0 Å². The SMILES string of the molecule is C=CC(=O)OCCCCCCCC.C=CC=C.C=Cc1ccccc1. The van der Waals surface area contributed by atoms with Gasteiger partial charge in [-0.05, 0) is 12.0 Å². The molecule has 0 heterocycles. The van der Waals surface area contributed by atoms with Crippen molar-refractivity contribution in [1.82, 2.24) is 0 Å². The lowest BCUT2D eigenvalue weighted by molar-refractivity contribution is -0.137. The van der Waals surface area contributed by atoms with Crippen LogP contribution in [0.3, 0.4) is 0 Å². The lowest BCUT2D eigenvalue weighted by Crippen LogP contribution is -2.01. The van der Waals surface area contributed by atoms with Crippen LogP contribution in [0, 0.1) is 0 Å². The van der Waals surface area contributed by atoms with Crippen molar-refractivity contribution in [3.63, 3.8) is 0 Å². The van der Waals surface area contributed by atoms with Gasteiger partial charge < -0.3 is 4.74 Å². The summed E-state index contributed by atoms with van der Waals surface area (Å²) in [6.07, 6.45) is 13.6. The number of rotatable bonds is 10. The molecule has 1 rings (SSSR count). The average Bonchev–Trinajstić information content (AvgIpc) is 2.68. The van der Waals surface area contributed by atoms with Crippen molar-refractivity contribution in [2.45, 2.75) is 45.4 Å². The number of carbonyl (C=O) groups is 1. The van der Waals surface area contributed by atoms with E-state index < -0.39 is 0 Å². The second-order valence-electron chi connectivity index (χ2n) is 5.23. The van der Waals surface area contributed by atoms with Crippen LogP contribution in [0.1, 0.15) is 51.0 Å². The molecule has 138 valence electrons. The van der Waals surface area contributed by atoms with E-state index >= 15 is 0 Å². The molecule has 0 unspecified atom stereocenters. The van der Waals surface area contributed by atoms with Crippen LogP contribution in [0.4, 0.5) is 0 Å². The van der Waals surface area contributed by atoms with E-state index in [9.17, 15) is 4.79 Å². The van der Waals surface area contributed by atoms with Crippen LogP contribution in [0.15, 0.2) is 74.9 Å². The van der Waals surface area contributed by atoms with Crippen molar-refractivity contribution in [3.8, 4) is 0 Å². The fraction of sp³-hybridized carbons (Fsp3) is 0.348. The van der Waals surface area contributed by atoms with Crippen LogP contribution < -0.4 is 0 Å². The molecule has 1 aromatic rings. The highest BCUT2D eigenvalue weighted by Crippen LogP contribution is 2.04. The fourth-order valence-electron chi connectivity index (χ4n) is 1.70. The topological polar surface area (TPSA) is 26.3 Å². The fourth-order valence-corrected chi connectivity index (χ4v) is 1.70. The number of carbonyl (C=O) groups excluding carboxylic acids is 1. The van der Waals surface area contributed by atoms with Crippen LogP contribution >= 0.6 is 0 Å². The first-order chi connectivity index (χ1) is 12.2. The highest BCUT2D eigenvalue weighted by Gasteiger charge is 1.94. The zero-order valence-corrected chi connectivity index (χ0v) is 15.8. The van der Waals surface area contributed by atoms with E-state index in [1.807, 2.05) is 36.4 Å². The van der Waals surface area contributed by atoms with Crippen molar-refractivity contribution < 1.29 is 9.53 Å². The summed E-state index contributed by atoms with van der Waals surface area (Å²) in [6.45, 7) is 16.4. The summed E-state index contributed by atoms with van der Waals surface area (Å²) in [6, 6.07) is 10.0. The molecule has 0 N–H and O–H groups in total. The number of hydrogen-bond acceptors (Lipinski definition) is 2.